The van der Waals surface area contributed by atoms with E-state index >= 15 is 0 Å². The van der Waals surface area contributed by atoms with Gasteiger partial charge in [0, 0.05) is 71.7 Å². The molecule has 0 N–H and O–H groups in total. The summed E-state index contributed by atoms with van der Waals surface area (Å²) >= 11 is 0. The van der Waals surface area contributed by atoms with Crippen LogP contribution < -0.4 is 15.9 Å². The largest absolute Gasteiger partial charge is 0.463 e. The molecule has 0 aliphatic carbocycles. The first-order valence-electron chi connectivity index (χ1n) is 27.7. The van der Waals surface area contributed by atoms with Crippen molar-refractivity contribution in [1.29, 1.82) is 0 Å². The highest BCUT2D eigenvalue weighted by molar-refractivity contribution is 8.76. The van der Waals surface area contributed by atoms with Crippen molar-refractivity contribution >= 4 is 96.1 Å². The number of nitrogens with zero attached hydrogens (tertiary/aromatic N) is 3. The summed E-state index contributed by atoms with van der Waals surface area (Å²) in [7, 11) is -8.86. The number of carbonyl (C=O) groups excluding carboxylic acids is 6. The summed E-state index contributed by atoms with van der Waals surface area (Å²) < 4.78 is 107. The minimum Gasteiger partial charge on any atom is -0.463 e. The highest BCUT2D eigenvalue weighted by Crippen LogP contribution is 2.48. The minimum atomic E-state index is -3.91. The number of benzene rings is 3. The molecule has 468 valence electrons. The fourth-order valence-electron chi connectivity index (χ4n) is 7.61. The van der Waals surface area contributed by atoms with Crippen molar-refractivity contribution < 1.29 is 98.0 Å². The fourth-order valence-corrected chi connectivity index (χ4v) is 13.2. The molecule has 24 nitrogen and oxygen atoms in total. The van der Waals surface area contributed by atoms with Crippen LogP contribution >= 0.6 is 44.4 Å². The number of ether oxygens (including phenoxy) is 6. The maximum atomic E-state index is 13.9. The van der Waals surface area contributed by atoms with Crippen LogP contribution in [0, 0.1) is 0 Å². The van der Waals surface area contributed by atoms with Crippen LogP contribution in [0.1, 0.15) is 52.4 Å². The van der Waals surface area contributed by atoms with Crippen LogP contribution in [-0.2, 0) is 98.0 Å². The smallest absolute Gasteiger partial charge is 0.361 e. The lowest BCUT2D eigenvalue weighted by Crippen LogP contribution is -2.49. The predicted molar refractivity (Wildman–Crippen MR) is 317 cm³/mol. The van der Waals surface area contributed by atoms with Crippen LogP contribution in [0.5, 0.6) is 0 Å². The molecule has 1 aliphatic heterocycles. The van der Waals surface area contributed by atoms with Gasteiger partial charge in [0.05, 0.1) is 74.8 Å². The van der Waals surface area contributed by atoms with Crippen molar-refractivity contribution in [3.05, 3.63) is 91.0 Å². The second-order valence-electron chi connectivity index (χ2n) is 18.1. The first-order valence-corrected chi connectivity index (χ1v) is 35.1. The quantitative estimate of drug-likeness (QED) is 0.0200. The van der Waals surface area contributed by atoms with Gasteiger partial charge in [0.15, 0.2) is 0 Å². The molecule has 3 atom stereocenters. The lowest BCUT2D eigenvalue weighted by molar-refractivity contribution is -0.146. The molecule has 0 bridgehead atoms. The number of hydrogen-bond acceptors (Lipinski definition) is 26. The molecule has 3 unspecified atom stereocenters. The highest BCUT2D eigenvalue weighted by atomic mass is 33.1. The van der Waals surface area contributed by atoms with Crippen LogP contribution in [0.15, 0.2) is 91.0 Å². The van der Waals surface area contributed by atoms with Crippen molar-refractivity contribution in [3.63, 3.8) is 0 Å². The first-order chi connectivity index (χ1) is 40.6. The standard InChI is InChI=1S/C55H80N3O21P3S2/c1-4-15-51(60)69-35-41-75-81(66,48-18-11-7-12-19-48)77-42-36-70-52(61)22-25-56(26-23-53(62)71-37-43-78-82(67,49-20-13-8-14-21-49)79-45-39-73-55(64)46-84-83-3)28-31-58-32-29-57(30-33-58)27-24-54(63)72-38-44-76-80(65,47-16-9-6-10-17-47)74-40-34-68-50(59)5-2/h6-14,16-21H,4-5,15,22-46H2,1-3H3. The molecular formula is C55H80N3O21P3S2. The summed E-state index contributed by atoms with van der Waals surface area (Å²) in [5.74, 6) is -2.70. The molecule has 29 heteroatoms. The molecule has 0 aromatic heterocycles. The Balaban J connectivity index is 1.25. The Morgan fingerprint density at radius 2 is 0.738 bits per heavy atom. The van der Waals surface area contributed by atoms with E-state index in [9.17, 15) is 42.5 Å². The van der Waals surface area contributed by atoms with Gasteiger partial charge in [-0.05, 0) is 49.1 Å². The van der Waals surface area contributed by atoms with E-state index in [-0.39, 0.29) is 141 Å². The third-order valence-corrected chi connectivity index (χ3v) is 19.6. The molecule has 3 aromatic carbocycles. The molecule has 0 saturated carbocycles. The summed E-state index contributed by atoms with van der Waals surface area (Å²) in [6.07, 6.45) is 2.89. The number of esters is 6. The van der Waals surface area contributed by atoms with E-state index < -0.39 is 58.6 Å². The zero-order chi connectivity index (χ0) is 60.7. The van der Waals surface area contributed by atoms with E-state index in [2.05, 4.69) is 9.80 Å². The summed E-state index contributed by atoms with van der Waals surface area (Å²) in [5.41, 5.74) is 0. The molecule has 1 heterocycles. The minimum absolute atomic E-state index is 0.0581. The molecular weight excluding hydrogens is 1200 g/mol. The second kappa shape index (κ2) is 41.6. The Morgan fingerprint density at radius 3 is 1.08 bits per heavy atom. The highest BCUT2D eigenvalue weighted by Gasteiger charge is 2.31. The van der Waals surface area contributed by atoms with E-state index in [1.165, 1.54) is 21.6 Å². The van der Waals surface area contributed by atoms with Crippen LogP contribution in [-0.4, -0.2) is 201 Å². The average molecular weight is 1280 g/mol. The molecule has 4 rings (SSSR count). The third kappa shape index (κ3) is 29.3. The van der Waals surface area contributed by atoms with Gasteiger partial charge in [-0.15, -0.1) is 0 Å². The van der Waals surface area contributed by atoms with Gasteiger partial charge in [-0.25, -0.2) is 0 Å². The zero-order valence-corrected chi connectivity index (χ0v) is 52.3. The summed E-state index contributed by atoms with van der Waals surface area (Å²) in [6.45, 7) is 5.84. The number of carbonyl (C=O) groups is 6. The van der Waals surface area contributed by atoms with E-state index in [0.29, 0.717) is 57.5 Å². The maximum absolute atomic E-state index is 13.9. The average Bonchev–Trinajstić information content (AvgIpc) is 3.70. The molecule has 1 fully saturated rings. The van der Waals surface area contributed by atoms with E-state index in [1.807, 2.05) is 18.1 Å². The molecule has 0 radical (unpaired) electrons. The SMILES string of the molecule is CCCC(=O)OCCOP(=O)(OCCOC(=O)CCN(CCC(=O)OCCOP(=O)(OCCOC(=O)CSSC)c1ccccc1)CCN1CCN(CCC(=O)OCCOP(=O)(OCCOC(=O)CC)c2ccccc2)CC1)c1ccccc1. The Hall–Kier alpha value is -4.49. The lowest BCUT2D eigenvalue weighted by atomic mass is 10.2. The van der Waals surface area contributed by atoms with Crippen LogP contribution in [0.2, 0.25) is 0 Å². The molecule has 84 heavy (non-hydrogen) atoms. The number of hydrogen-bond donors (Lipinski definition) is 0. The van der Waals surface area contributed by atoms with E-state index in [0.717, 1.165) is 0 Å². The van der Waals surface area contributed by atoms with Crippen molar-refractivity contribution in [2.45, 2.75) is 52.4 Å². The van der Waals surface area contributed by atoms with Crippen LogP contribution in [0.3, 0.4) is 0 Å². The lowest BCUT2D eigenvalue weighted by Gasteiger charge is -2.35. The normalized spacial score (nSPS) is 15.0. The number of rotatable bonds is 45. The Bertz CT molecular complexity index is 2560. The molecule has 0 amide bonds. The van der Waals surface area contributed by atoms with Gasteiger partial charge in [0.25, 0.3) is 0 Å². The summed E-state index contributed by atoms with van der Waals surface area (Å²) in [5, 5.41) is 0.862. The number of piperazine rings is 1. The molecule has 0 spiro atoms. The molecule has 1 saturated heterocycles. The van der Waals surface area contributed by atoms with Gasteiger partial charge in [-0.3, -0.25) is 47.4 Å². The monoisotopic (exact) mass is 1280 g/mol. The van der Waals surface area contributed by atoms with Crippen LogP contribution in [0.4, 0.5) is 0 Å². The predicted octanol–water partition coefficient (Wildman–Crippen LogP) is 6.21. The van der Waals surface area contributed by atoms with Gasteiger partial charge in [-0.1, -0.05) is 90.0 Å². The second-order valence-corrected chi connectivity index (χ2v) is 26.8. The van der Waals surface area contributed by atoms with Gasteiger partial charge < -0.3 is 65.4 Å². The van der Waals surface area contributed by atoms with Crippen molar-refractivity contribution in [2.24, 2.45) is 0 Å². The summed E-state index contributed by atoms with van der Waals surface area (Å²) in [6, 6.07) is 24.8. The van der Waals surface area contributed by atoms with Crippen molar-refractivity contribution in [1.82, 2.24) is 14.7 Å². The van der Waals surface area contributed by atoms with E-state index in [4.69, 9.17) is 55.6 Å². The first kappa shape index (κ1) is 72.0. The van der Waals surface area contributed by atoms with Gasteiger partial charge in [0.2, 0.25) is 0 Å². The van der Waals surface area contributed by atoms with Crippen LogP contribution in [0.25, 0.3) is 0 Å². The fraction of sp³-hybridized carbons (Fsp3) is 0.564. The van der Waals surface area contributed by atoms with Gasteiger partial charge >= 0.3 is 58.6 Å². The zero-order valence-electron chi connectivity index (χ0n) is 48.0. The Morgan fingerprint density at radius 1 is 0.417 bits per heavy atom. The maximum Gasteiger partial charge on any atom is 0.361 e. The van der Waals surface area contributed by atoms with Gasteiger partial charge in [-0.2, -0.15) is 0 Å². The Kier molecular flexibility index (Phi) is 35.6. The molecule has 3 aromatic rings. The van der Waals surface area contributed by atoms with E-state index in [1.54, 1.807) is 97.9 Å². The van der Waals surface area contributed by atoms with Crippen molar-refractivity contribution in [3.8, 4) is 0 Å². The Labute approximate surface area is 500 Å². The topological polar surface area (TPSA) is 274 Å². The van der Waals surface area contributed by atoms with Crippen molar-refractivity contribution in [2.75, 3.05) is 150 Å². The van der Waals surface area contributed by atoms with Gasteiger partial charge in [0.1, 0.15) is 45.4 Å². The molecule has 1 aliphatic rings. The third-order valence-electron chi connectivity index (χ3n) is 12.0. The summed E-state index contributed by atoms with van der Waals surface area (Å²) in [4.78, 5) is 80.5.